The molecule has 9 heteroatoms. The molecule has 1 fully saturated rings. The molecule has 6 nitrogen and oxygen atoms in total. The fourth-order valence-electron chi connectivity index (χ4n) is 2.84. The summed E-state index contributed by atoms with van der Waals surface area (Å²) in [5.41, 5.74) is 7.40. The molecule has 0 atom stereocenters. The fraction of sp³-hybridized carbons (Fsp3) is 0.471. The molecule has 26 heavy (non-hydrogen) atoms. The molecule has 3 heterocycles. The third-order valence-electron chi connectivity index (χ3n) is 4.47. The number of thiazole rings is 1. The van der Waals surface area contributed by atoms with Gasteiger partial charge in [0.25, 0.3) is 0 Å². The van der Waals surface area contributed by atoms with Crippen LogP contribution in [0.15, 0.2) is 29.9 Å². The third-order valence-corrected chi connectivity index (χ3v) is 5.38. The quantitative estimate of drug-likeness (QED) is 0.751. The topological polar surface area (TPSA) is 90.1 Å². The van der Waals surface area contributed by atoms with Gasteiger partial charge in [-0.2, -0.15) is 0 Å². The van der Waals surface area contributed by atoms with Crippen LogP contribution in [0.5, 0.6) is 0 Å². The summed E-state index contributed by atoms with van der Waals surface area (Å²) in [7, 11) is 0. The predicted molar refractivity (Wildman–Crippen MR) is 108 cm³/mol. The van der Waals surface area contributed by atoms with Gasteiger partial charge in [0.05, 0.1) is 16.1 Å². The first kappa shape index (κ1) is 22.8. The van der Waals surface area contributed by atoms with E-state index in [1.807, 2.05) is 17.5 Å². The number of amides is 1. The lowest BCUT2D eigenvalue weighted by Gasteiger charge is -2.34. The SMILES string of the molecule is Cl.Cl.NCC1(C(=O)NCCc2nc(-c3ccncc3)cs2)CCOCC1. The highest BCUT2D eigenvalue weighted by atomic mass is 35.5. The Morgan fingerprint density at radius 2 is 1.96 bits per heavy atom. The van der Waals surface area contributed by atoms with Crippen LogP contribution in [0.3, 0.4) is 0 Å². The van der Waals surface area contributed by atoms with Crippen LogP contribution in [-0.2, 0) is 16.0 Å². The Labute approximate surface area is 169 Å². The number of hydrogen-bond acceptors (Lipinski definition) is 6. The molecule has 1 saturated heterocycles. The van der Waals surface area contributed by atoms with E-state index in [-0.39, 0.29) is 30.7 Å². The molecule has 2 aromatic heterocycles. The summed E-state index contributed by atoms with van der Waals surface area (Å²) >= 11 is 1.61. The van der Waals surface area contributed by atoms with E-state index in [1.165, 1.54) is 0 Å². The van der Waals surface area contributed by atoms with E-state index >= 15 is 0 Å². The number of nitrogens with zero attached hydrogens (tertiary/aromatic N) is 2. The highest BCUT2D eigenvalue weighted by Gasteiger charge is 2.38. The van der Waals surface area contributed by atoms with Crippen molar-refractivity contribution >= 4 is 42.1 Å². The lowest BCUT2D eigenvalue weighted by Crippen LogP contribution is -2.49. The first-order valence-corrected chi connectivity index (χ1v) is 9.02. The second-order valence-corrected chi connectivity index (χ2v) is 6.91. The van der Waals surface area contributed by atoms with Gasteiger partial charge in [-0.05, 0) is 25.0 Å². The minimum Gasteiger partial charge on any atom is -0.381 e. The van der Waals surface area contributed by atoms with Crippen LogP contribution in [0.1, 0.15) is 17.8 Å². The number of carbonyl (C=O) groups is 1. The van der Waals surface area contributed by atoms with Crippen LogP contribution >= 0.6 is 36.2 Å². The number of carbonyl (C=O) groups excluding carboxylic acids is 1. The maximum absolute atomic E-state index is 12.5. The van der Waals surface area contributed by atoms with Crippen LogP contribution in [-0.4, -0.2) is 42.2 Å². The molecule has 0 radical (unpaired) electrons. The Morgan fingerprint density at radius 3 is 2.62 bits per heavy atom. The molecule has 2 aromatic rings. The Hall–Kier alpha value is -1.25. The molecule has 0 saturated carbocycles. The minimum atomic E-state index is -0.469. The van der Waals surface area contributed by atoms with Gasteiger partial charge in [-0.1, -0.05) is 0 Å². The van der Waals surface area contributed by atoms with Crippen molar-refractivity contribution in [1.82, 2.24) is 15.3 Å². The summed E-state index contributed by atoms with van der Waals surface area (Å²) in [5.74, 6) is 0.0409. The molecule has 0 spiro atoms. The van der Waals surface area contributed by atoms with Crippen LogP contribution in [0, 0.1) is 5.41 Å². The first-order chi connectivity index (χ1) is 11.7. The summed E-state index contributed by atoms with van der Waals surface area (Å²) in [4.78, 5) is 21.1. The lowest BCUT2D eigenvalue weighted by atomic mass is 9.79. The average molecular weight is 419 g/mol. The normalized spacial score (nSPS) is 15.4. The van der Waals surface area contributed by atoms with E-state index in [4.69, 9.17) is 10.5 Å². The van der Waals surface area contributed by atoms with Crippen molar-refractivity contribution in [3.63, 3.8) is 0 Å². The van der Waals surface area contributed by atoms with Crippen LogP contribution in [0.25, 0.3) is 11.3 Å². The fourth-order valence-corrected chi connectivity index (χ4v) is 3.64. The lowest BCUT2D eigenvalue weighted by molar-refractivity contribution is -0.135. The number of rotatable bonds is 6. The number of pyridine rings is 1. The van der Waals surface area contributed by atoms with Gasteiger partial charge >= 0.3 is 0 Å². The Kier molecular flexibility index (Phi) is 9.46. The number of hydrogen-bond donors (Lipinski definition) is 2. The largest absolute Gasteiger partial charge is 0.381 e. The van der Waals surface area contributed by atoms with Gasteiger partial charge in [-0.15, -0.1) is 36.2 Å². The number of ether oxygens (including phenoxy) is 1. The van der Waals surface area contributed by atoms with Crippen molar-refractivity contribution in [2.45, 2.75) is 19.3 Å². The van der Waals surface area contributed by atoms with Crippen LogP contribution in [0.2, 0.25) is 0 Å². The number of aromatic nitrogens is 2. The van der Waals surface area contributed by atoms with Gasteiger partial charge in [-0.3, -0.25) is 9.78 Å². The zero-order valence-electron chi connectivity index (χ0n) is 14.3. The maximum atomic E-state index is 12.5. The smallest absolute Gasteiger partial charge is 0.227 e. The van der Waals surface area contributed by atoms with Crippen LogP contribution in [0.4, 0.5) is 0 Å². The molecule has 3 N–H and O–H groups in total. The summed E-state index contributed by atoms with van der Waals surface area (Å²) in [6.07, 6.45) is 5.62. The van der Waals surface area contributed by atoms with E-state index in [0.29, 0.717) is 39.1 Å². The molecule has 144 valence electrons. The first-order valence-electron chi connectivity index (χ1n) is 8.14. The Bertz CT molecular complexity index is 678. The molecule has 0 aromatic carbocycles. The van der Waals surface area contributed by atoms with Crippen molar-refractivity contribution in [3.8, 4) is 11.3 Å². The van der Waals surface area contributed by atoms with Crippen molar-refractivity contribution < 1.29 is 9.53 Å². The summed E-state index contributed by atoms with van der Waals surface area (Å²) < 4.78 is 5.35. The van der Waals surface area contributed by atoms with Crippen molar-refractivity contribution in [2.75, 3.05) is 26.3 Å². The Balaban J connectivity index is 0.00000169. The van der Waals surface area contributed by atoms with E-state index in [0.717, 1.165) is 22.7 Å². The monoisotopic (exact) mass is 418 g/mol. The van der Waals surface area contributed by atoms with Gasteiger partial charge in [0.2, 0.25) is 5.91 Å². The maximum Gasteiger partial charge on any atom is 0.227 e. The van der Waals surface area contributed by atoms with E-state index in [9.17, 15) is 4.79 Å². The molecule has 0 unspecified atom stereocenters. The minimum absolute atomic E-state index is 0. The molecule has 3 rings (SSSR count). The van der Waals surface area contributed by atoms with Gasteiger partial charge < -0.3 is 15.8 Å². The molecule has 1 aliphatic rings. The Morgan fingerprint density at radius 1 is 1.27 bits per heavy atom. The molecule has 1 aliphatic heterocycles. The second kappa shape index (κ2) is 10.8. The number of halogens is 2. The summed E-state index contributed by atoms with van der Waals surface area (Å²) in [6.45, 7) is 2.15. The van der Waals surface area contributed by atoms with E-state index < -0.39 is 5.41 Å². The average Bonchev–Trinajstić information content (AvgIpc) is 3.12. The number of nitrogens with one attached hydrogen (secondary N) is 1. The summed E-state index contributed by atoms with van der Waals surface area (Å²) in [5, 5.41) is 6.07. The third kappa shape index (κ3) is 5.37. The molecular formula is C17H24Cl2N4O2S. The predicted octanol–water partition coefficient (Wildman–Crippen LogP) is 2.46. The van der Waals surface area contributed by atoms with E-state index in [2.05, 4.69) is 15.3 Å². The molecule has 0 aliphatic carbocycles. The zero-order chi connectivity index (χ0) is 16.8. The van der Waals surface area contributed by atoms with Crippen LogP contribution < -0.4 is 11.1 Å². The second-order valence-electron chi connectivity index (χ2n) is 5.97. The van der Waals surface area contributed by atoms with Crippen molar-refractivity contribution in [3.05, 3.63) is 34.9 Å². The molecule has 0 bridgehead atoms. The molecule has 1 amide bonds. The van der Waals surface area contributed by atoms with Gasteiger partial charge in [0.1, 0.15) is 0 Å². The van der Waals surface area contributed by atoms with E-state index in [1.54, 1.807) is 23.7 Å². The number of nitrogens with two attached hydrogens (primary N) is 1. The standard InChI is InChI=1S/C17H22N4O2S.2ClH/c18-12-17(4-9-23-10-5-17)16(22)20-8-3-15-21-14(11-24-15)13-1-6-19-7-2-13;;/h1-2,6-7,11H,3-5,8-10,12,18H2,(H,20,22);2*1H. The van der Waals surface area contributed by atoms with Gasteiger partial charge in [0.15, 0.2) is 0 Å². The summed E-state index contributed by atoms with van der Waals surface area (Å²) in [6, 6.07) is 3.88. The van der Waals surface area contributed by atoms with Gasteiger partial charge in [-0.25, -0.2) is 4.98 Å². The zero-order valence-corrected chi connectivity index (χ0v) is 16.8. The van der Waals surface area contributed by atoms with Crippen molar-refractivity contribution in [2.24, 2.45) is 11.1 Å². The molecular weight excluding hydrogens is 395 g/mol. The van der Waals surface area contributed by atoms with Gasteiger partial charge in [0, 0.05) is 56.1 Å². The highest BCUT2D eigenvalue weighted by molar-refractivity contribution is 7.09. The highest BCUT2D eigenvalue weighted by Crippen LogP contribution is 2.29. The van der Waals surface area contributed by atoms with Crippen molar-refractivity contribution in [1.29, 1.82) is 0 Å².